The van der Waals surface area contributed by atoms with Crippen molar-refractivity contribution in [2.45, 2.75) is 38.1 Å². The van der Waals surface area contributed by atoms with E-state index in [9.17, 15) is 17.6 Å². The monoisotopic (exact) mass is 342 g/mol. The van der Waals surface area contributed by atoms with Gasteiger partial charge in [-0.3, -0.25) is 4.79 Å². The number of nitrogens with zero attached hydrogens (tertiary/aromatic N) is 1. The maximum atomic E-state index is 12.9. The fourth-order valence-corrected chi connectivity index (χ4v) is 3.55. The standard InChI is InChI=1S/C16H23FN2O3S/c1-23(21,22)19(11-10-13-6-8-14(17)9-7-13)12-16(20)18-15-4-2-3-5-15/h6-9,15H,2-5,10-12H2,1H3,(H,18,20). The second-order valence-electron chi connectivity index (χ2n) is 6.02. The van der Waals surface area contributed by atoms with Crippen LogP contribution in [0.25, 0.3) is 0 Å². The van der Waals surface area contributed by atoms with Gasteiger partial charge in [-0.05, 0) is 37.0 Å². The van der Waals surface area contributed by atoms with Gasteiger partial charge in [-0.2, -0.15) is 4.31 Å². The molecule has 0 spiro atoms. The van der Waals surface area contributed by atoms with Gasteiger partial charge in [0.05, 0.1) is 12.8 Å². The van der Waals surface area contributed by atoms with Crippen LogP contribution in [-0.2, 0) is 21.2 Å². The molecule has 1 aliphatic carbocycles. The summed E-state index contributed by atoms with van der Waals surface area (Å²) in [5, 5.41) is 2.89. The Hall–Kier alpha value is -1.47. The molecule has 1 N–H and O–H groups in total. The Morgan fingerprint density at radius 2 is 1.87 bits per heavy atom. The summed E-state index contributed by atoms with van der Waals surface area (Å²) >= 11 is 0. The van der Waals surface area contributed by atoms with Gasteiger partial charge in [0.2, 0.25) is 15.9 Å². The van der Waals surface area contributed by atoms with E-state index in [-0.39, 0.29) is 30.9 Å². The van der Waals surface area contributed by atoms with E-state index in [2.05, 4.69) is 5.32 Å². The largest absolute Gasteiger partial charge is 0.352 e. The van der Waals surface area contributed by atoms with Gasteiger partial charge >= 0.3 is 0 Å². The van der Waals surface area contributed by atoms with Crippen molar-refractivity contribution in [2.24, 2.45) is 0 Å². The zero-order valence-corrected chi connectivity index (χ0v) is 14.1. The van der Waals surface area contributed by atoms with Crippen LogP contribution in [-0.4, -0.2) is 44.0 Å². The van der Waals surface area contributed by atoms with E-state index in [4.69, 9.17) is 0 Å². The van der Waals surface area contributed by atoms with Gasteiger partial charge in [0.15, 0.2) is 0 Å². The van der Waals surface area contributed by atoms with E-state index in [1.54, 1.807) is 12.1 Å². The second-order valence-corrected chi connectivity index (χ2v) is 8.00. The van der Waals surface area contributed by atoms with E-state index >= 15 is 0 Å². The van der Waals surface area contributed by atoms with E-state index in [1.807, 2.05) is 0 Å². The Bertz CT molecular complexity index is 625. The lowest BCUT2D eigenvalue weighted by Gasteiger charge is -2.21. The summed E-state index contributed by atoms with van der Waals surface area (Å²) in [6, 6.07) is 6.09. The predicted molar refractivity (Wildman–Crippen MR) is 86.9 cm³/mol. The normalized spacial score (nSPS) is 16.0. The Balaban J connectivity index is 1.91. The van der Waals surface area contributed by atoms with Gasteiger partial charge in [0.1, 0.15) is 5.82 Å². The molecular formula is C16H23FN2O3S. The zero-order chi connectivity index (χ0) is 16.9. The molecule has 1 amide bonds. The van der Waals surface area contributed by atoms with Crippen LogP contribution < -0.4 is 5.32 Å². The highest BCUT2D eigenvalue weighted by molar-refractivity contribution is 7.88. The summed E-state index contributed by atoms with van der Waals surface area (Å²) in [4.78, 5) is 12.0. The molecule has 0 heterocycles. The number of nitrogens with one attached hydrogen (secondary N) is 1. The average Bonchev–Trinajstić information content (AvgIpc) is 2.96. The molecule has 1 fully saturated rings. The maximum Gasteiger partial charge on any atom is 0.235 e. The van der Waals surface area contributed by atoms with Crippen molar-refractivity contribution in [2.75, 3.05) is 19.3 Å². The maximum absolute atomic E-state index is 12.9. The van der Waals surface area contributed by atoms with Crippen molar-refractivity contribution in [1.82, 2.24) is 9.62 Å². The third-order valence-corrected chi connectivity index (χ3v) is 5.32. The quantitative estimate of drug-likeness (QED) is 0.820. The summed E-state index contributed by atoms with van der Waals surface area (Å²) in [6.07, 6.45) is 5.65. The SMILES string of the molecule is CS(=O)(=O)N(CCc1ccc(F)cc1)CC(=O)NC1CCCC1. The third-order valence-electron chi connectivity index (χ3n) is 4.07. The number of hydrogen-bond donors (Lipinski definition) is 1. The molecule has 0 bridgehead atoms. The Labute approximate surface area is 136 Å². The average molecular weight is 342 g/mol. The first-order chi connectivity index (χ1) is 10.8. The van der Waals surface area contributed by atoms with E-state index in [1.165, 1.54) is 16.4 Å². The molecule has 23 heavy (non-hydrogen) atoms. The van der Waals surface area contributed by atoms with Crippen LogP contribution in [0, 0.1) is 5.82 Å². The Morgan fingerprint density at radius 1 is 1.26 bits per heavy atom. The van der Waals surface area contributed by atoms with Gasteiger partial charge < -0.3 is 5.32 Å². The molecule has 1 aromatic rings. The predicted octanol–water partition coefficient (Wildman–Crippen LogP) is 1.69. The van der Waals surface area contributed by atoms with Crippen LogP contribution in [0.4, 0.5) is 4.39 Å². The third kappa shape index (κ3) is 5.91. The molecule has 0 radical (unpaired) electrons. The first-order valence-electron chi connectivity index (χ1n) is 7.83. The molecule has 5 nitrogen and oxygen atoms in total. The molecule has 0 unspecified atom stereocenters. The number of carbonyl (C=O) groups is 1. The van der Waals surface area contributed by atoms with E-state index < -0.39 is 10.0 Å². The van der Waals surface area contributed by atoms with Crippen LogP contribution in [0.3, 0.4) is 0 Å². The highest BCUT2D eigenvalue weighted by Crippen LogP contribution is 2.17. The zero-order valence-electron chi connectivity index (χ0n) is 13.3. The van der Waals surface area contributed by atoms with Crippen LogP contribution in [0.2, 0.25) is 0 Å². The van der Waals surface area contributed by atoms with Crippen molar-refractivity contribution in [1.29, 1.82) is 0 Å². The van der Waals surface area contributed by atoms with E-state index in [0.717, 1.165) is 37.5 Å². The number of rotatable bonds is 7. The summed E-state index contributed by atoms with van der Waals surface area (Å²) < 4.78 is 37.8. The molecule has 0 atom stereocenters. The van der Waals surface area contributed by atoms with Crippen LogP contribution in [0.1, 0.15) is 31.2 Å². The first-order valence-corrected chi connectivity index (χ1v) is 9.68. The van der Waals surface area contributed by atoms with E-state index in [0.29, 0.717) is 6.42 Å². The smallest absolute Gasteiger partial charge is 0.235 e. The lowest BCUT2D eigenvalue weighted by atomic mass is 10.1. The van der Waals surface area contributed by atoms with Crippen molar-refractivity contribution in [3.8, 4) is 0 Å². The molecule has 0 aromatic heterocycles. The lowest BCUT2D eigenvalue weighted by Crippen LogP contribution is -2.43. The van der Waals surface area contributed by atoms with Crippen molar-refractivity contribution < 1.29 is 17.6 Å². The molecule has 7 heteroatoms. The number of hydrogen-bond acceptors (Lipinski definition) is 3. The van der Waals surface area contributed by atoms with Gasteiger partial charge in [0.25, 0.3) is 0 Å². The first kappa shape index (κ1) is 17.9. The van der Waals surface area contributed by atoms with Crippen molar-refractivity contribution in [3.05, 3.63) is 35.6 Å². The van der Waals surface area contributed by atoms with Gasteiger partial charge in [-0.25, -0.2) is 12.8 Å². The Kier molecular flexibility index (Phi) is 6.12. The molecule has 128 valence electrons. The van der Waals surface area contributed by atoms with Crippen molar-refractivity contribution in [3.63, 3.8) is 0 Å². The molecule has 1 aliphatic rings. The lowest BCUT2D eigenvalue weighted by molar-refractivity contribution is -0.122. The molecule has 1 saturated carbocycles. The molecule has 2 rings (SSSR count). The molecule has 0 aliphatic heterocycles. The number of carbonyl (C=O) groups excluding carboxylic acids is 1. The fourth-order valence-electron chi connectivity index (χ4n) is 2.77. The molecular weight excluding hydrogens is 319 g/mol. The number of benzene rings is 1. The summed E-state index contributed by atoms with van der Waals surface area (Å²) in [5.74, 6) is -0.592. The summed E-state index contributed by atoms with van der Waals surface area (Å²) in [6.45, 7) is 0.0269. The number of halogens is 1. The minimum Gasteiger partial charge on any atom is -0.352 e. The van der Waals surface area contributed by atoms with Gasteiger partial charge in [-0.1, -0.05) is 25.0 Å². The van der Waals surface area contributed by atoms with Gasteiger partial charge in [0, 0.05) is 12.6 Å². The highest BCUT2D eigenvalue weighted by Gasteiger charge is 2.23. The second kappa shape index (κ2) is 7.88. The van der Waals surface area contributed by atoms with Crippen molar-refractivity contribution >= 4 is 15.9 Å². The number of amides is 1. The fraction of sp³-hybridized carbons (Fsp3) is 0.562. The summed E-state index contributed by atoms with van der Waals surface area (Å²) in [7, 11) is -3.47. The molecule has 0 saturated heterocycles. The van der Waals surface area contributed by atoms with Crippen LogP contribution in [0.5, 0.6) is 0 Å². The van der Waals surface area contributed by atoms with Crippen LogP contribution in [0.15, 0.2) is 24.3 Å². The minimum absolute atomic E-state index is 0.168. The number of sulfonamides is 1. The highest BCUT2D eigenvalue weighted by atomic mass is 32.2. The van der Waals surface area contributed by atoms with Crippen LogP contribution >= 0.6 is 0 Å². The van der Waals surface area contributed by atoms with Gasteiger partial charge in [-0.15, -0.1) is 0 Å². The topological polar surface area (TPSA) is 66.5 Å². The summed E-state index contributed by atoms with van der Waals surface area (Å²) in [5.41, 5.74) is 0.830. The Morgan fingerprint density at radius 3 is 2.43 bits per heavy atom. The molecule has 1 aromatic carbocycles. The minimum atomic E-state index is -3.47.